The monoisotopic (exact) mass is 218 g/mol. The molecule has 2 rings (SSSR count). The Bertz CT molecular complexity index is 387. The van der Waals surface area contributed by atoms with Gasteiger partial charge >= 0.3 is 0 Å². The van der Waals surface area contributed by atoms with Gasteiger partial charge in [0.1, 0.15) is 11.9 Å². The van der Waals surface area contributed by atoms with Gasteiger partial charge in [-0.25, -0.2) is 0 Å². The Hall–Kier alpha value is -0.980. The summed E-state index contributed by atoms with van der Waals surface area (Å²) in [6.07, 6.45) is 1.46. The fourth-order valence-corrected chi connectivity index (χ4v) is 2.34. The summed E-state index contributed by atoms with van der Waals surface area (Å²) in [6.45, 7) is 11.2. The third-order valence-electron chi connectivity index (χ3n) is 3.50. The van der Waals surface area contributed by atoms with Crippen molar-refractivity contribution in [2.45, 2.75) is 53.1 Å². The molecular formula is C15H22O. The molecule has 1 nitrogen and oxygen atoms in total. The molecule has 16 heavy (non-hydrogen) atoms. The Morgan fingerprint density at radius 3 is 2.56 bits per heavy atom. The molecule has 1 aliphatic rings. The molecule has 1 aromatic rings. The van der Waals surface area contributed by atoms with Crippen LogP contribution in [0.15, 0.2) is 18.2 Å². The zero-order chi connectivity index (χ0) is 11.9. The van der Waals surface area contributed by atoms with E-state index in [4.69, 9.17) is 4.74 Å². The molecule has 0 N–H and O–H groups in total. The maximum absolute atomic E-state index is 6.12. The molecule has 0 fully saturated rings. The minimum atomic E-state index is 0.219. The average molecular weight is 218 g/mol. The number of fused-ring (bicyclic) bond motifs is 1. The van der Waals surface area contributed by atoms with E-state index in [1.165, 1.54) is 11.1 Å². The van der Waals surface area contributed by atoms with Gasteiger partial charge in [-0.3, -0.25) is 0 Å². The molecule has 2 atom stereocenters. The van der Waals surface area contributed by atoms with Crippen LogP contribution in [0.4, 0.5) is 0 Å². The number of hydrogen-bond acceptors (Lipinski definition) is 1. The summed E-state index contributed by atoms with van der Waals surface area (Å²) in [5.41, 5.74) is 2.92. The van der Waals surface area contributed by atoms with Crippen molar-refractivity contribution in [3.63, 3.8) is 0 Å². The highest BCUT2D eigenvalue weighted by atomic mass is 16.5. The summed E-state index contributed by atoms with van der Waals surface area (Å²) in [5.74, 6) is 1.69. The highest BCUT2D eigenvalue weighted by molar-refractivity contribution is 5.41. The molecular weight excluding hydrogens is 196 g/mol. The molecule has 1 heteroatoms. The van der Waals surface area contributed by atoms with E-state index in [0.29, 0.717) is 12.0 Å². The topological polar surface area (TPSA) is 9.23 Å². The second-order valence-corrected chi connectivity index (χ2v) is 6.15. The number of ether oxygens (including phenoxy) is 1. The molecule has 0 aliphatic carbocycles. The Morgan fingerprint density at radius 1 is 1.25 bits per heavy atom. The molecule has 2 unspecified atom stereocenters. The fraction of sp³-hybridized carbons (Fsp3) is 0.600. The summed E-state index contributed by atoms with van der Waals surface area (Å²) in [5, 5.41) is 0. The normalized spacial score (nSPS) is 24.8. The standard InChI is InChI=1S/C15H22O/c1-10-6-7-13-12(8-10)11(2)9-14(16-13)15(3,4)5/h6-8,11,14H,9H2,1-5H3. The van der Waals surface area contributed by atoms with Crippen LogP contribution in [-0.2, 0) is 0 Å². The zero-order valence-electron chi connectivity index (χ0n) is 11.0. The van der Waals surface area contributed by atoms with Crippen LogP contribution in [0.25, 0.3) is 0 Å². The summed E-state index contributed by atoms with van der Waals surface area (Å²) in [7, 11) is 0. The van der Waals surface area contributed by atoms with Gasteiger partial charge in [-0.05, 0) is 36.3 Å². The highest BCUT2D eigenvalue weighted by Crippen LogP contribution is 2.41. The van der Waals surface area contributed by atoms with E-state index in [1.54, 1.807) is 0 Å². The number of hydrogen-bond donors (Lipinski definition) is 0. The van der Waals surface area contributed by atoms with Crippen molar-refractivity contribution in [2.24, 2.45) is 5.41 Å². The Balaban J connectivity index is 2.34. The Labute approximate surface area is 98.8 Å². The van der Waals surface area contributed by atoms with Crippen LogP contribution in [0, 0.1) is 12.3 Å². The van der Waals surface area contributed by atoms with Crippen molar-refractivity contribution < 1.29 is 4.74 Å². The van der Waals surface area contributed by atoms with Gasteiger partial charge < -0.3 is 4.74 Å². The molecule has 0 saturated heterocycles. The van der Waals surface area contributed by atoms with E-state index >= 15 is 0 Å². The van der Waals surface area contributed by atoms with E-state index in [0.717, 1.165) is 12.2 Å². The van der Waals surface area contributed by atoms with Gasteiger partial charge in [0.15, 0.2) is 0 Å². The summed E-state index contributed by atoms with van der Waals surface area (Å²) in [6, 6.07) is 6.52. The molecule has 88 valence electrons. The van der Waals surface area contributed by atoms with Gasteiger partial charge in [0, 0.05) is 0 Å². The van der Waals surface area contributed by atoms with Crippen molar-refractivity contribution in [1.29, 1.82) is 0 Å². The molecule has 0 radical (unpaired) electrons. The number of aryl methyl sites for hydroxylation is 1. The van der Waals surface area contributed by atoms with E-state index < -0.39 is 0 Å². The molecule has 0 amide bonds. The van der Waals surface area contributed by atoms with E-state index in [9.17, 15) is 0 Å². The van der Waals surface area contributed by atoms with Crippen LogP contribution in [0.3, 0.4) is 0 Å². The molecule has 0 bridgehead atoms. The predicted molar refractivity (Wildman–Crippen MR) is 68.1 cm³/mol. The molecule has 0 spiro atoms. The molecule has 0 aromatic heterocycles. The first kappa shape index (κ1) is 11.5. The molecule has 1 aliphatic heterocycles. The van der Waals surface area contributed by atoms with Gasteiger partial charge in [-0.15, -0.1) is 0 Å². The lowest BCUT2D eigenvalue weighted by Crippen LogP contribution is -2.36. The van der Waals surface area contributed by atoms with Crippen LogP contribution >= 0.6 is 0 Å². The number of benzene rings is 1. The average Bonchev–Trinajstić information content (AvgIpc) is 2.17. The Kier molecular flexibility index (Phi) is 2.73. The van der Waals surface area contributed by atoms with Crippen molar-refractivity contribution in [1.82, 2.24) is 0 Å². The van der Waals surface area contributed by atoms with Crippen LogP contribution < -0.4 is 4.74 Å². The first-order chi connectivity index (χ1) is 7.38. The van der Waals surface area contributed by atoms with Gasteiger partial charge in [0.05, 0.1) is 0 Å². The summed E-state index contributed by atoms with van der Waals surface area (Å²) in [4.78, 5) is 0. The lowest BCUT2D eigenvalue weighted by Gasteiger charge is -2.38. The van der Waals surface area contributed by atoms with Gasteiger partial charge in [-0.2, -0.15) is 0 Å². The minimum absolute atomic E-state index is 0.219. The fourth-order valence-electron chi connectivity index (χ4n) is 2.34. The summed E-state index contributed by atoms with van der Waals surface area (Å²) < 4.78 is 6.12. The molecule has 1 aromatic carbocycles. The van der Waals surface area contributed by atoms with Crippen molar-refractivity contribution >= 4 is 0 Å². The van der Waals surface area contributed by atoms with E-state index in [2.05, 4.69) is 52.8 Å². The maximum atomic E-state index is 6.12. The Morgan fingerprint density at radius 2 is 1.94 bits per heavy atom. The van der Waals surface area contributed by atoms with Gasteiger partial charge in [0.2, 0.25) is 0 Å². The minimum Gasteiger partial charge on any atom is -0.490 e. The van der Waals surface area contributed by atoms with Crippen molar-refractivity contribution in [3.8, 4) is 5.75 Å². The first-order valence-corrected chi connectivity index (χ1v) is 6.15. The second kappa shape index (κ2) is 3.80. The predicted octanol–water partition coefficient (Wildman–Crippen LogP) is 4.30. The smallest absolute Gasteiger partial charge is 0.123 e. The molecule has 1 heterocycles. The third kappa shape index (κ3) is 2.09. The SMILES string of the molecule is Cc1ccc2c(c1)C(C)CC(C(C)(C)C)O2. The highest BCUT2D eigenvalue weighted by Gasteiger charge is 2.33. The van der Waals surface area contributed by atoms with E-state index in [-0.39, 0.29) is 5.41 Å². The lowest BCUT2D eigenvalue weighted by atomic mass is 9.80. The largest absolute Gasteiger partial charge is 0.490 e. The molecule has 0 saturated carbocycles. The van der Waals surface area contributed by atoms with Gasteiger partial charge in [-0.1, -0.05) is 45.4 Å². The summed E-state index contributed by atoms with van der Waals surface area (Å²) >= 11 is 0. The van der Waals surface area contributed by atoms with Crippen LogP contribution in [0.2, 0.25) is 0 Å². The quantitative estimate of drug-likeness (QED) is 0.631. The third-order valence-corrected chi connectivity index (χ3v) is 3.50. The zero-order valence-corrected chi connectivity index (χ0v) is 11.0. The maximum Gasteiger partial charge on any atom is 0.123 e. The number of rotatable bonds is 0. The first-order valence-electron chi connectivity index (χ1n) is 6.15. The van der Waals surface area contributed by atoms with Crippen molar-refractivity contribution in [2.75, 3.05) is 0 Å². The van der Waals surface area contributed by atoms with Gasteiger partial charge in [0.25, 0.3) is 0 Å². The van der Waals surface area contributed by atoms with Crippen molar-refractivity contribution in [3.05, 3.63) is 29.3 Å². The van der Waals surface area contributed by atoms with Crippen LogP contribution in [0.5, 0.6) is 5.75 Å². The second-order valence-electron chi connectivity index (χ2n) is 6.15. The van der Waals surface area contributed by atoms with Crippen LogP contribution in [0.1, 0.15) is 51.2 Å². The van der Waals surface area contributed by atoms with E-state index in [1.807, 2.05) is 0 Å². The van der Waals surface area contributed by atoms with Crippen LogP contribution in [-0.4, -0.2) is 6.10 Å². The lowest BCUT2D eigenvalue weighted by molar-refractivity contribution is 0.0595.